The van der Waals surface area contributed by atoms with Crippen molar-refractivity contribution in [1.82, 2.24) is 14.9 Å². The van der Waals surface area contributed by atoms with Gasteiger partial charge >= 0.3 is 0 Å². The molecule has 2 rings (SSSR count). The van der Waals surface area contributed by atoms with E-state index in [1.165, 1.54) is 4.90 Å². The number of carbonyl (C=O) groups excluding carboxylic acids is 1. The van der Waals surface area contributed by atoms with Gasteiger partial charge in [-0.05, 0) is 18.2 Å². The van der Waals surface area contributed by atoms with E-state index in [0.29, 0.717) is 6.54 Å². The quantitative estimate of drug-likeness (QED) is 0.907. The highest BCUT2D eigenvalue weighted by Gasteiger charge is 2.17. The van der Waals surface area contributed by atoms with Crippen LogP contribution < -0.4 is 5.73 Å². The van der Waals surface area contributed by atoms with E-state index in [4.69, 9.17) is 5.73 Å². The maximum atomic E-state index is 13.1. The summed E-state index contributed by atoms with van der Waals surface area (Å²) in [5, 5.41) is 0. The van der Waals surface area contributed by atoms with Crippen molar-refractivity contribution in [3.8, 4) is 0 Å². The molecule has 0 aliphatic heterocycles. The molecule has 0 fully saturated rings. The van der Waals surface area contributed by atoms with E-state index in [0.717, 1.165) is 18.0 Å². The topological polar surface area (TPSA) is 72.1 Å². The summed E-state index contributed by atoms with van der Waals surface area (Å²) in [5.41, 5.74) is 6.37. The molecular weight excluding hydrogens is 247 g/mol. The van der Waals surface area contributed by atoms with E-state index in [1.807, 2.05) is 6.07 Å². The molecule has 2 heterocycles. The zero-order valence-corrected chi connectivity index (χ0v) is 10.4. The average molecular weight is 260 g/mol. The van der Waals surface area contributed by atoms with Crippen molar-refractivity contribution in [3.05, 3.63) is 53.7 Å². The summed E-state index contributed by atoms with van der Waals surface area (Å²) in [6.07, 6.45) is 2.62. The molecule has 98 valence electrons. The first kappa shape index (κ1) is 12.9. The van der Waals surface area contributed by atoms with Gasteiger partial charge in [0.2, 0.25) is 0 Å². The number of hydrogen-bond acceptors (Lipinski definition) is 4. The second kappa shape index (κ2) is 5.43. The highest BCUT2D eigenvalue weighted by Crippen LogP contribution is 2.13. The molecule has 0 radical (unpaired) electrons. The Hall–Kier alpha value is -2.50. The third kappa shape index (κ3) is 3.04. The maximum Gasteiger partial charge on any atom is 0.257 e. The summed E-state index contributed by atoms with van der Waals surface area (Å²) in [4.78, 5) is 21.3. The van der Waals surface area contributed by atoms with E-state index < -0.39 is 11.7 Å². The molecule has 19 heavy (non-hydrogen) atoms. The lowest BCUT2D eigenvalue weighted by atomic mass is 10.2. The third-order valence-corrected chi connectivity index (χ3v) is 2.59. The Morgan fingerprint density at radius 3 is 2.89 bits per heavy atom. The SMILES string of the molecule is CN(Cc1ccccn1)C(=O)c1cc(F)cnc1N. The predicted octanol–water partition coefficient (Wildman–Crippen LogP) is 1.47. The van der Waals surface area contributed by atoms with E-state index in [2.05, 4.69) is 9.97 Å². The average Bonchev–Trinajstić information content (AvgIpc) is 2.42. The Kier molecular flexibility index (Phi) is 3.70. The molecule has 0 spiro atoms. The molecule has 2 aromatic heterocycles. The molecule has 2 N–H and O–H groups in total. The fraction of sp³-hybridized carbons (Fsp3) is 0.154. The third-order valence-electron chi connectivity index (χ3n) is 2.59. The van der Waals surface area contributed by atoms with Crippen molar-refractivity contribution in [2.75, 3.05) is 12.8 Å². The van der Waals surface area contributed by atoms with Crippen LogP contribution in [0.25, 0.3) is 0 Å². The first-order valence-corrected chi connectivity index (χ1v) is 5.64. The Labute approximate surface area is 109 Å². The second-order valence-corrected chi connectivity index (χ2v) is 4.07. The number of rotatable bonds is 3. The summed E-state index contributed by atoms with van der Waals surface area (Å²) in [5.74, 6) is -0.974. The van der Waals surface area contributed by atoms with Crippen LogP contribution in [0.2, 0.25) is 0 Å². The molecule has 0 bridgehead atoms. The molecule has 0 saturated carbocycles. The number of nitrogen functional groups attached to an aromatic ring is 1. The van der Waals surface area contributed by atoms with E-state index in [9.17, 15) is 9.18 Å². The summed E-state index contributed by atoms with van der Waals surface area (Å²) >= 11 is 0. The van der Waals surface area contributed by atoms with Crippen molar-refractivity contribution in [1.29, 1.82) is 0 Å². The summed E-state index contributed by atoms with van der Waals surface area (Å²) in [6, 6.07) is 6.51. The van der Waals surface area contributed by atoms with Gasteiger partial charge in [0.25, 0.3) is 5.91 Å². The monoisotopic (exact) mass is 260 g/mol. The summed E-state index contributed by atoms with van der Waals surface area (Å²) in [6.45, 7) is 0.315. The summed E-state index contributed by atoms with van der Waals surface area (Å²) < 4.78 is 13.1. The highest BCUT2D eigenvalue weighted by atomic mass is 19.1. The predicted molar refractivity (Wildman–Crippen MR) is 68.6 cm³/mol. The van der Waals surface area contributed by atoms with Crippen LogP contribution in [0.15, 0.2) is 36.7 Å². The van der Waals surface area contributed by atoms with Crippen molar-refractivity contribution in [2.45, 2.75) is 6.54 Å². The van der Waals surface area contributed by atoms with Crippen molar-refractivity contribution >= 4 is 11.7 Å². The lowest BCUT2D eigenvalue weighted by Gasteiger charge is -2.17. The van der Waals surface area contributed by atoms with Gasteiger partial charge in [0.05, 0.1) is 24.0 Å². The van der Waals surface area contributed by atoms with Gasteiger partial charge in [-0.3, -0.25) is 9.78 Å². The van der Waals surface area contributed by atoms with Gasteiger partial charge in [-0.25, -0.2) is 9.37 Å². The van der Waals surface area contributed by atoms with Gasteiger partial charge in [0, 0.05) is 13.2 Å². The molecular formula is C13H13FN4O. The smallest absolute Gasteiger partial charge is 0.257 e. The van der Waals surface area contributed by atoms with Crippen LogP contribution in [0.3, 0.4) is 0 Å². The van der Waals surface area contributed by atoms with Crippen LogP contribution in [-0.4, -0.2) is 27.8 Å². The van der Waals surface area contributed by atoms with Crippen molar-refractivity contribution in [3.63, 3.8) is 0 Å². The summed E-state index contributed by atoms with van der Waals surface area (Å²) in [7, 11) is 1.60. The molecule has 5 nitrogen and oxygen atoms in total. The second-order valence-electron chi connectivity index (χ2n) is 4.07. The number of anilines is 1. The number of amides is 1. The van der Waals surface area contributed by atoms with Gasteiger partial charge in [0.15, 0.2) is 0 Å². The van der Waals surface area contributed by atoms with Crippen LogP contribution in [0.5, 0.6) is 0 Å². The number of aromatic nitrogens is 2. The first-order chi connectivity index (χ1) is 9.08. The van der Waals surface area contributed by atoms with E-state index in [1.54, 1.807) is 25.4 Å². The van der Waals surface area contributed by atoms with E-state index >= 15 is 0 Å². The molecule has 2 aromatic rings. The highest BCUT2D eigenvalue weighted by molar-refractivity contribution is 5.98. The number of pyridine rings is 2. The van der Waals surface area contributed by atoms with Gasteiger partial charge in [-0.15, -0.1) is 0 Å². The molecule has 0 aliphatic carbocycles. The minimum atomic E-state index is -0.594. The number of halogens is 1. The molecule has 1 amide bonds. The van der Waals surface area contributed by atoms with Gasteiger partial charge < -0.3 is 10.6 Å². The minimum absolute atomic E-state index is 0.0132. The zero-order chi connectivity index (χ0) is 13.8. The first-order valence-electron chi connectivity index (χ1n) is 5.64. The molecule has 0 atom stereocenters. The van der Waals surface area contributed by atoms with Crippen LogP contribution in [0, 0.1) is 5.82 Å². The van der Waals surface area contributed by atoms with E-state index in [-0.39, 0.29) is 11.4 Å². The molecule has 0 saturated heterocycles. The van der Waals surface area contributed by atoms with Crippen molar-refractivity contribution < 1.29 is 9.18 Å². The number of nitrogens with two attached hydrogens (primary N) is 1. The molecule has 6 heteroatoms. The normalized spacial score (nSPS) is 10.2. The van der Waals surface area contributed by atoms with Crippen LogP contribution in [0.4, 0.5) is 10.2 Å². The molecule has 0 unspecified atom stereocenters. The number of carbonyl (C=O) groups is 1. The van der Waals surface area contributed by atoms with Gasteiger partial charge in [-0.1, -0.05) is 6.07 Å². The Bertz CT molecular complexity index is 588. The van der Waals surface area contributed by atoms with Gasteiger partial charge in [-0.2, -0.15) is 0 Å². The fourth-order valence-corrected chi connectivity index (χ4v) is 1.63. The molecule has 0 aliphatic rings. The van der Waals surface area contributed by atoms with Crippen LogP contribution in [0.1, 0.15) is 16.1 Å². The largest absolute Gasteiger partial charge is 0.383 e. The standard InChI is InChI=1S/C13H13FN4O/c1-18(8-10-4-2-3-5-16-10)13(19)11-6-9(14)7-17-12(11)15/h2-7H,8H2,1H3,(H2,15,17). The Morgan fingerprint density at radius 2 is 2.21 bits per heavy atom. The number of nitrogens with zero attached hydrogens (tertiary/aromatic N) is 3. The van der Waals surface area contributed by atoms with Crippen molar-refractivity contribution in [2.24, 2.45) is 0 Å². The minimum Gasteiger partial charge on any atom is -0.383 e. The Morgan fingerprint density at radius 1 is 1.42 bits per heavy atom. The van der Waals surface area contributed by atoms with Crippen LogP contribution >= 0.6 is 0 Å². The van der Waals surface area contributed by atoms with Crippen LogP contribution in [-0.2, 0) is 6.54 Å². The Balaban J connectivity index is 2.17. The lowest BCUT2D eigenvalue weighted by Crippen LogP contribution is -2.27. The number of hydrogen-bond donors (Lipinski definition) is 1. The lowest BCUT2D eigenvalue weighted by molar-refractivity contribution is 0.0783. The molecule has 0 aromatic carbocycles. The maximum absolute atomic E-state index is 13.1. The fourth-order valence-electron chi connectivity index (χ4n) is 1.63. The zero-order valence-electron chi connectivity index (χ0n) is 10.4. The van der Waals surface area contributed by atoms with Gasteiger partial charge in [0.1, 0.15) is 11.6 Å².